The van der Waals surface area contributed by atoms with Crippen LogP contribution in [0.2, 0.25) is 0 Å². The van der Waals surface area contributed by atoms with Gasteiger partial charge in [0, 0.05) is 18.3 Å². The maximum absolute atomic E-state index is 13.2. The third kappa shape index (κ3) is 4.10. The Balaban J connectivity index is 2.10. The zero-order valence-corrected chi connectivity index (χ0v) is 17.8. The van der Waals surface area contributed by atoms with E-state index < -0.39 is 0 Å². The maximum atomic E-state index is 13.2. The van der Waals surface area contributed by atoms with Crippen molar-refractivity contribution >= 4 is 23.1 Å². The molecule has 1 aliphatic heterocycles. The Kier molecular flexibility index (Phi) is 6.30. The molecule has 2 aromatic rings. The van der Waals surface area contributed by atoms with Crippen molar-refractivity contribution in [1.29, 1.82) is 0 Å². The molecule has 7 heteroatoms. The second-order valence-corrected chi connectivity index (χ2v) is 7.29. The molecule has 0 radical (unpaired) electrons. The number of rotatable bonds is 8. The van der Waals surface area contributed by atoms with Crippen LogP contribution in [0.3, 0.4) is 0 Å². The predicted molar refractivity (Wildman–Crippen MR) is 115 cm³/mol. The molecule has 2 amide bonds. The summed E-state index contributed by atoms with van der Waals surface area (Å²) >= 11 is 0. The molecule has 30 heavy (non-hydrogen) atoms. The number of methoxy groups -OCH3 is 3. The molecule has 0 fully saturated rings. The Morgan fingerprint density at radius 1 is 0.900 bits per heavy atom. The van der Waals surface area contributed by atoms with Gasteiger partial charge < -0.3 is 19.5 Å². The van der Waals surface area contributed by atoms with Gasteiger partial charge in [-0.2, -0.15) is 0 Å². The van der Waals surface area contributed by atoms with E-state index >= 15 is 0 Å². The van der Waals surface area contributed by atoms with E-state index in [0.717, 1.165) is 0 Å². The summed E-state index contributed by atoms with van der Waals surface area (Å²) in [6, 6.07) is 12.4. The van der Waals surface area contributed by atoms with Crippen LogP contribution >= 0.6 is 0 Å². The number of amides is 2. The van der Waals surface area contributed by atoms with Crippen molar-refractivity contribution in [3.8, 4) is 17.2 Å². The fourth-order valence-electron chi connectivity index (χ4n) is 3.33. The lowest BCUT2D eigenvalue weighted by atomic mass is 10.0. The number of ether oxygens (including phenoxy) is 3. The fourth-order valence-corrected chi connectivity index (χ4v) is 3.33. The van der Waals surface area contributed by atoms with Crippen molar-refractivity contribution in [2.24, 2.45) is 5.92 Å². The molecule has 0 aliphatic carbocycles. The van der Waals surface area contributed by atoms with Crippen molar-refractivity contribution in [3.63, 3.8) is 0 Å². The molecule has 3 rings (SSSR count). The smallest absolute Gasteiger partial charge is 0.278 e. The topological polar surface area (TPSA) is 77.1 Å². The SMILES string of the molecule is COc1cccc(NC2=C(c3ccc(OC)c(OC)c3)C(=O)N(CC(C)C)C2=O)c1. The van der Waals surface area contributed by atoms with Crippen molar-refractivity contribution < 1.29 is 23.8 Å². The minimum Gasteiger partial charge on any atom is -0.497 e. The van der Waals surface area contributed by atoms with Gasteiger partial charge in [-0.25, -0.2) is 0 Å². The normalized spacial score (nSPS) is 13.9. The van der Waals surface area contributed by atoms with Crippen LogP contribution in [0.5, 0.6) is 17.2 Å². The van der Waals surface area contributed by atoms with E-state index in [4.69, 9.17) is 14.2 Å². The first-order valence-electron chi connectivity index (χ1n) is 9.63. The highest BCUT2D eigenvalue weighted by Gasteiger charge is 2.39. The number of carbonyl (C=O) groups is 2. The van der Waals surface area contributed by atoms with Gasteiger partial charge in [-0.1, -0.05) is 26.0 Å². The lowest BCUT2D eigenvalue weighted by molar-refractivity contribution is -0.137. The van der Waals surface area contributed by atoms with E-state index in [9.17, 15) is 9.59 Å². The summed E-state index contributed by atoms with van der Waals surface area (Å²) in [5.74, 6) is 1.10. The third-order valence-electron chi connectivity index (χ3n) is 4.73. The Morgan fingerprint density at radius 3 is 2.27 bits per heavy atom. The molecule has 0 aromatic heterocycles. The number of nitrogens with one attached hydrogen (secondary N) is 1. The highest BCUT2D eigenvalue weighted by molar-refractivity contribution is 6.36. The summed E-state index contributed by atoms with van der Waals surface area (Å²) in [4.78, 5) is 27.7. The zero-order chi connectivity index (χ0) is 21.8. The molecule has 0 unspecified atom stereocenters. The molecule has 158 valence electrons. The van der Waals surface area contributed by atoms with Gasteiger partial charge in [0.25, 0.3) is 11.8 Å². The van der Waals surface area contributed by atoms with Crippen LogP contribution in [0.4, 0.5) is 5.69 Å². The number of hydrogen-bond donors (Lipinski definition) is 1. The quantitative estimate of drug-likeness (QED) is 0.671. The number of anilines is 1. The van der Waals surface area contributed by atoms with Crippen LogP contribution in [-0.4, -0.2) is 44.6 Å². The van der Waals surface area contributed by atoms with E-state index in [1.807, 2.05) is 32.0 Å². The van der Waals surface area contributed by atoms with Crippen LogP contribution in [-0.2, 0) is 9.59 Å². The van der Waals surface area contributed by atoms with Crippen LogP contribution < -0.4 is 19.5 Å². The second-order valence-electron chi connectivity index (χ2n) is 7.29. The number of nitrogens with zero attached hydrogens (tertiary/aromatic N) is 1. The molecule has 7 nitrogen and oxygen atoms in total. The minimum absolute atomic E-state index is 0.140. The lowest BCUT2D eigenvalue weighted by Crippen LogP contribution is -2.35. The van der Waals surface area contributed by atoms with E-state index in [2.05, 4.69) is 5.32 Å². The van der Waals surface area contributed by atoms with Gasteiger partial charge in [0.1, 0.15) is 11.4 Å². The van der Waals surface area contributed by atoms with Gasteiger partial charge in [-0.15, -0.1) is 0 Å². The fraction of sp³-hybridized carbons (Fsp3) is 0.304. The van der Waals surface area contributed by atoms with Crippen molar-refractivity contribution in [1.82, 2.24) is 4.90 Å². The summed E-state index contributed by atoms with van der Waals surface area (Å²) in [5.41, 5.74) is 1.74. The molecule has 0 atom stereocenters. The molecule has 0 saturated heterocycles. The van der Waals surface area contributed by atoms with E-state index in [0.29, 0.717) is 40.6 Å². The monoisotopic (exact) mass is 410 g/mol. The summed E-state index contributed by atoms with van der Waals surface area (Å²) in [6.45, 7) is 4.26. The standard InChI is InChI=1S/C23H26N2O5/c1-14(2)13-25-22(26)20(15-9-10-18(29-4)19(11-15)30-5)21(23(25)27)24-16-7-6-8-17(12-16)28-3/h6-12,14,24H,13H2,1-5H3. The van der Waals surface area contributed by atoms with Crippen molar-refractivity contribution in [2.75, 3.05) is 33.2 Å². The average Bonchev–Trinajstić information content (AvgIpc) is 2.97. The summed E-state index contributed by atoms with van der Waals surface area (Å²) in [7, 11) is 4.64. The Bertz CT molecular complexity index is 997. The molecule has 0 spiro atoms. The Hall–Kier alpha value is -3.48. The molecular formula is C23H26N2O5. The van der Waals surface area contributed by atoms with Crippen LogP contribution in [0, 0.1) is 5.92 Å². The Morgan fingerprint density at radius 2 is 1.63 bits per heavy atom. The van der Waals surface area contributed by atoms with Gasteiger partial charge in [0.2, 0.25) is 0 Å². The number of imide groups is 1. The molecule has 1 heterocycles. The first-order chi connectivity index (χ1) is 14.4. The summed E-state index contributed by atoms with van der Waals surface area (Å²) in [5, 5.41) is 3.13. The molecule has 0 saturated carbocycles. The first-order valence-corrected chi connectivity index (χ1v) is 9.63. The largest absolute Gasteiger partial charge is 0.497 e. The average molecular weight is 410 g/mol. The molecular weight excluding hydrogens is 384 g/mol. The predicted octanol–water partition coefficient (Wildman–Crippen LogP) is 3.56. The van der Waals surface area contributed by atoms with Gasteiger partial charge in [-0.05, 0) is 35.7 Å². The first kappa shape index (κ1) is 21.2. The summed E-state index contributed by atoms with van der Waals surface area (Å²) in [6.07, 6.45) is 0. The molecule has 1 N–H and O–H groups in total. The van der Waals surface area contributed by atoms with E-state index in [-0.39, 0.29) is 23.4 Å². The highest BCUT2D eigenvalue weighted by Crippen LogP contribution is 2.36. The second kappa shape index (κ2) is 8.90. The van der Waals surface area contributed by atoms with Crippen molar-refractivity contribution in [2.45, 2.75) is 13.8 Å². The molecule has 0 bridgehead atoms. The minimum atomic E-state index is -0.360. The van der Waals surface area contributed by atoms with Gasteiger partial charge >= 0.3 is 0 Å². The molecule has 1 aliphatic rings. The highest BCUT2D eigenvalue weighted by atomic mass is 16.5. The van der Waals surface area contributed by atoms with E-state index in [1.165, 1.54) is 12.0 Å². The lowest BCUT2D eigenvalue weighted by Gasteiger charge is -2.17. The number of hydrogen-bond acceptors (Lipinski definition) is 6. The van der Waals surface area contributed by atoms with Gasteiger partial charge in [0.15, 0.2) is 11.5 Å². The van der Waals surface area contributed by atoms with Crippen LogP contribution in [0.1, 0.15) is 19.4 Å². The van der Waals surface area contributed by atoms with Gasteiger partial charge in [-0.3, -0.25) is 14.5 Å². The number of carbonyl (C=O) groups excluding carboxylic acids is 2. The number of benzene rings is 2. The van der Waals surface area contributed by atoms with E-state index in [1.54, 1.807) is 38.5 Å². The summed E-state index contributed by atoms with van der Waals surface area (Å²) < 4.78 is 15.9. The Labute approximate surface area is 176 Å². The third-order valence-corrected chi connectivity index (χ3v) is 4.73. The molecule has 2 aromatic carbocycles. The van der Waals surface area contributed by atoms with Crippen LogP contribution in [0.25, 0.3) is 5.57 Å². The maximum Gasteiger partial charge on any atom is 0.278 e. The van der Waals surface area contributed by atoms with Crippen molar-refractivity contribution in [3.05, 3.63) is 53.7 Å². The van der Waals surface area contributed by atoms with Gasteiger partial charge in [0.05, 0.1) is 26.9 Å². The van der Waals surface area contributed by atoms with Crippen LogP contribution in [0.15, 0.2) is 48.2 Å². The zero-order valence-electron chi connectivity index (χ0n) is 17.8.